The van der Waals surface area contributed by atoms with Crippen LogP contribution in [0.2, 0.25) is 0 Å². The first-order valence-corrected chi connectivity index (χ1v) is 5.08. The van der Waals surface area contributed by atoms with Crippen molar-refractivity contribution in [1.82, 2.24) is 4.57 Å². The molecule has 80 valence electrons. The van der Waals surface area contributed by atoms with E-state index >= 15 is 0 Å². The predicted molar refractivity (Wildman–Crippen MR) is 57.0 cm³/mol. The van der Waals surface area contributed by atoms with Crippen molar-refractivity contribution < 1.29 is 4.42 Å². The lowest BCUT2D eigenvalue weighted by molar-refractivity contribution is 0.338. The highest BCUT2D eigenvalue weighted by molar-refractivity contribution is 4.80. The molecule has 0 aliphatic carbocycles. The first kappa shape index (κ1) is 11.1. The zero-order valence-corrected chi connectivity index (χ0v) is 9.74. The molecule has 0 saturated heterocycles. The van der Waals surface area contributed by atoms with Crippen molar-refractivity contribution >= 4 is 0 Å². The van der Waals surface area contributed by atoms with Gasteiger partial charge >= 0.3 is 0 Å². The molecule has 0 aromatic carbocycles. The number of rotatable bonds is 2. The third kappa shape index (κ3) is 2.76. The third-order valence-corrected chi connectivity index (χ3v) is 1.90. The van der Waals surface area contributed by atoms with Crippen molar-refractivity contribution in [1.29, 1.82) is 0 Å². The highest BCUT2D eigenvalue weighted by atomic mass is 16.3. The van der Waals surface area contributed by atoms with Gasteiger partial charge in [0, 0.05) is 18.3 Å². The van der Waals surface area contributed by atoms with Crippen LogP contribution in [0.15, 0.2) is 21.9 Å². The van der Waals surface area contributed by atoms with Gasteiger partial charge in [0.2, 0.25) is 0 Å². The molecule has 0 bridgehead atoms. The molecule has 0 aliphatic heterocycles. The van der Waals surface area contributed by atoms with Crippen LogP contribution in [0.1, 0.15) is 34.6 Å². The molecule has 0 saturated carbocycles. The first-order valence-electron chi connectivity index (χ1n) is 5.08. The predicted octanol–water partition coefficient (Wildman–Crippen LogP) is 2.39. The van der Waals surface area contributed by atoms with Gasteiger partial charge in [-0.1, -0.05) is 13.8 Å². The quantitative estimate of drug-likeness (QED) is 0.714. The molecular weight excluding hydrogens is 176 g/mol. The summed E-state index contributed by atoms with van der Waals surface area (Å²) in [7, 11) is 0. The van der Waals surface area contributed by atoms with Crippen LogP contribution in [0.5, 0.6) is 0 Å². The van der Waals surface area contributed by atoms with Gasteiger partial charge in [-0.05, 0) is 26.7 Å². The third-order valence-electron chi connectivity index (χ3n) is 1.90. The number of oxazole rings is 1. The minimum atomic E-state index is 0.0306. The SMILES string of the molecule is CC(C)CN=c1occn1C(C)(C)C. The van der Waals surface area contributed by atoms with Crippen LogP contribution >= 0.6 is 0 Å². The summed E-state index contributed by atoms with van der Waals surface area (Å²) in [6.07, 6.45) is 3.61. The summed E-state index contributed by atoms with van der Waals surface area (Å²) in [5.74, 6) is 0.563. The van der Waals surface area contributed by atoms with Crippen LogP contribution in [0.3, 0.4) is 0 Å². The van der Waals surface area contributed by atoms with Crippen LogP contribution in [-0.4, -0.2) is 11.1 Å². The smallest absolute Gasteiger partial charge is 0.297 e. The average molecular weight is 196 g/mol. The van der Waals surface area contributed by atoms with E-state index in [4.69, 9.17) is 4.42 Å². The molecule has 0 spiro atoms. The highest BCUT2D eigenvalue weighted by Gasteiger charge is 2.14. The van der Waals surface area contributed by atoms with E-state index in [1.807, 2.05) is 6.20 Å². The van der Waals surface area contributed by atoms with Crippen LogP contribution < -0.4 is 5.68 Å². The zero-order chi connectivity index (χ0) is 10.8. The van der Waals surface area contributed by atoms with E-state index < -0.39 is 0 Å². The lowest BCUT2D eigenvalue weighted by atomic mass is 10.1. The second-order valence-electron chi connectivity index (χ2n) is 4.96. The second-order valence-corrected chi connectivity index (χ2v) is 4.96. The van der Waals surface area contributed by atoms with Gasteiger partial charge in [-0.2, -0.15) is 0 Å². The Balaban J connectivity index is 2.99. The molecule has 14 heavy (non-hydrogen) atoms. The van der Waals surface area contributed by atoms with E-state index in [0.717, 1.165) is 6.54 Å². The summed E-state index contributed by atoms with van der Waals surface area (Å²) in [5, 5.41) is 0. The summed E-state index contributed by atoms with van der Waals surface area (Å²) in [6.45, 7) is 11.5. The summed E-state index contributed by atoms with van der Waals surface area (Å²) in [5.41, 5.74) is 0.745. The Kier molecular flexibility index (Phi) is 3.19. The minimum absolute atomic E-state index is 0.0306. The maximum Gasteiger partial charge on any atom is 0.297 e. The first-order chi connectivity index (χ1) is 6.41. The van der Waals surface area contributed by atoms with Gasteiger partial charge in [-0.3, -0.25) is 4.57 Å². The van der Waals surface area contributed by atoms with E-state index in [-0.39, 0.29) is 5.54 Å². The Labute approximate surface area is 85.5 Å². The maximum absolute atomic E-state index is 5.34. The summed E-state index contributed by atoms with van der Waals surface area (Å²) >= 11 is 0. The van der Waals surface area contributed by atoms with Gasteiger partial charge in [0.15, 0.2) is 0 Å². The van der Waals surface area contributed by atoms with Crippen molar-refractivity contribution in [3.8, 4) is 0 Å². The summed E-state index contributed by atoms with van der Waals surface area (Å²) in [6, 6.07) is 0. The van der Waals surface area contributed by atoms with Crippen LogP contribution in [0.4, 0.5) is 0 Å². The molecule has 0 N–H and O–H groups in total. The van der Waals surface area contributed by atoms with Crippen molar-refractivity contribution in [2.24, 2.45) is 10.9 Å². The van der Waals surface area contributed by atoms with E-state index in [0.29, 0.717) is 11.6 Å². The second kappa shape index (κ2) is 4.03. The fourth-order valence-corrected chi connectivity index (χ4v) is 1.16. The van der Waals surface area contributed by atoms with Gasteiger partial charge in [-0.25, -0.2) is 4.99 Å². The van der Waals surface area contributed by atoms with Gasteiger partial charge < -0.3 is 4.42 Å². The van der Waals surface area contributed by atoms with Gasteiger partial charge in [0.25, 0.3) is 5.68 Å². The number of nitrogens with zero attached hydrogens (tertiary/aromatic N) is 2. The number of hydrogen-bond acceptors (Lipinski definition) is 2. The zero-order valence-electron chi connectivity index (χ0n) is 9.74. The Morgan fingerprint density at radius 2 is 2.07 bits per heavy atom. The molecule has 3 heteroatoms. The molecule has 0 fully saturated rings. The molecule has 0 amide bonds. The molecule has 0 aliphatic rings. The maximum atomic E-state index is 5.34. The topological polar surface area (TPSA) is 30.4 Å². The fourth-order valence-electron chi connectivity index (χ4n) is 1.16. The molecule has 3 nitrogen and oxygen atoms in total. The van der Waals surface area contributed by atoms with Crippen molar-refractivity contribution in [3.05, 3.63) is 18.1 Å². The molecule has 1 heterocycles. The highest BCUT2D eigenvalue weighted by Crippen LogP contribution is 2.09. The summed E-state index contributed by atoms with van der Waals surface area (Å²) in [4.78, 5) is 4.43. The largest absolute Gasteiger partial charge is 0.432 e. The van der Waals surface area contributed by atoms with Crippen LogP contribution in [-0.2, 0) is 5.54 Å². The van der Waals surface area contributed by atoms with Gasteiger partial charge in [0.1, 0.15) is 6.26 Å². The lowest BCUT2D eigenvalue weighted by Crippen LogP contribution is -2.31. The minimum Gasteiger partial charge on any atom is -0.432 e. The van der Waals surface area contributed by atoms with Crippen LogP contribution in [0.25, 0.3) is 0 Å². The Bertz CT molecular complexity index is 339. The standard InChI is InChI=1S/C11H20N2O/c1-9(2)8-12-10-13(6-7-14-10)11(3,4)5/h6-7,9H,8H2,1-5H3. The number of hydrogen-bond donors (Lipinski definition) is 0. The molecule has 0 unspecified atom stereocenters. The van der Waals surface area contributed by atoms with E-state index in [1.54, 1.807) is 6.26 Å². The summed E-state index contributed by atoms with van der Waals surface area (Å²) < 4.78 is 7.39. The molecule has 1 aromatic heterocycles. The lowest BCUT2D eigenvalue weighted by Gasteiger charge is -2.19. The van der Waals surface area contributed by atoms with E-state index in [1.165, 1.54) is 0 Å². The monoisotopic (exact) mass is 196 g/mol. The molecular formula is C11H20N2O. The van der Waals surface area contributed by atoms with Crippen molar-refractivity contribution in [2.45, 2.75) is 40.2 Å². The van der Waals surface area contributed by atoms with Crippen LogP contribution in [0, 0.1) is 5.92 Å². The number of aromatic nitrogens is 1. The molecule has 0 radical (unpaired) electrons. The molecule has 1 aromatic rings. The Morgan fingerprint density at radius 1 is 1.43 bits per heavy atom. The Hall–Kier alpha value is -0.990. The molecule has 1 rings (SSSR count). The average Bonchev–Trinajstić information content (AvgIpc) is 2.46. The molecule has 0 atom stereocenters. The normalized spacial score (nSPS) is 14.0. The van der Waals surface area contributed by atoms with E-state index in [2.05, 4.69) is 44.2 Å². The fraction of sp³-hybridized carbons (Fsp3) is 0.727. The van der Waals surface area contributed by atoms with Crippen molar-refractivity contribution in [3.63, 3.8) is 0 Å². The van der Waals surface area contributed by atoms with E-state index in [9.17, 15) is 0 Å². The van der Waals surface area contributed by atoms with Gasteiger partial charge in [0.05, 0.1) is 0 Å². The van der Waals surface area contributed by atoms with Gasteiger partial charge in [-0.15, -0.1) is 0 Å². The Morgan fingerprint density at radius 3 is 2.57 bits per heavy atom. The van der Waals surface area contributed by atoms with Crippen molar-refractivity contribution in [2.75, 3.05) is 6.54 Å².